The second-order valence-electron chi connectivity index (χ2n) is 4.81. The van der Waals surface area contributed by atoms with Gasteiger partial charge in [0.2, 0.25) is 0 Å². The molecule has 0 aliphatic rings. The first-order valence-electron chi connectivity index (χ1n) is 6.38. The van der Waals surface area contributed by atoms with Crippen LogP contribution in [0.4, 0.5) is 5.69 Å². The summed E-state index contributed by atoms with van der Waals surface area (Å²) < 4.78 is 0. The van der Waals surface area contributed by atoms with Crippen LogP contribution in [0.2, 0.25) is 5.02 Å². The summed E-state index contributed by atoms with van der Waals surface area (Å²) in [5, 5.41) is 2.42. The Bertz CT molecular complexity index is 596. The van der Waals surface area contributed by atoms with E-state index in [0.29, 0.717) is 22.8 Å². The van der Waals surface area contributed by atoms with Gasteiger partial charge in [0.05, 0.1) is 22.8 Å². The maximum absolute atomic E-state index is 12.7. The Morgan fingerprint density at radius 3 is 2.70 bits per heavy atom. The standard InChI is InChI=1S/C15H17ClN2OS/c1-10(2)18(9-11-5-4-8-20-11)15(19)12-6-3-7-13(16)14(12)17/h3-8,10H,9,17H2,1-2H3. The van der Waals surface area contributed by atoms with E-state index in [0.717, 1.165) is 4.88 Å². The zero-order chi connectivity index (χ0) is 14.7. The Balaban J connectivity index is 2.29. The van der Waals surface area contributed by atoms with Crippen LogP contribution >= 0.6 is 22.9 Å². The number of carbonyl (C=O) groups excluding carboxylic acids is 1. The van der Waals surface area contributed by atoms with E-state index < -0.39 is 0 Å². The molecule has 2 aromatic rings. The Morgan fingerprint density at radius 2 is 2.10 bits per heavy atom. The molecule has 0 fully saturated rings. The number of nitrogens with two attached hydrogens (primary N) is 1. The zero-order valence-electron chi connectivity index (χ0n) is 11.5. The third-order valence-electron chi connectivity index (χ3n) is 3.07. The lowest BCUT2D eigenvalue weighted by molar-refractivity contribution is 0.0693. The van der Waals surface area contributed by atoms with Crippen molar-refractivity contribution in [3.05, 3.63) is 51.2 Å². The summed E-state index contributed by atoms with van der Waals surface area (Å²) >= 11 is 7.63. The normalized spacial score (nSPS) is 10.8. The van der Waals surface area contributed by atoms with E-state index in [1.165, 1.54) is 0 Å². The van der Waals surface area contributed by atoms with Gasteiger partial charge in [-0.05, 0) is 37.4 Å². The van der Waals surface area contributed by atoms with Crippen molar-refractivity contribution in [3.63, 3.8) is 0 Å². The number of anilines is 1. The van der Waals surface area contributed by atoms with Gasteiger partial charge in [-0.25, -0.2) is 0 Å². The molecule has 0 saturated carbocycles. The quantitative estimate of drug-likeness (QED) is 0.867. The van der Waals surface area contributed by atoms with Crippen LogP contribution in [0.1, 0.15) is 29.1 Å². The van der Waals surface area contributed by atoms with E-state index in [9.17, 15) is 4.79 Å². The molecule has 5 heteroatoms. The van der Waals surface area contributed by atoms with Crippen molar-refractivity contribution in [2.75, 3.05) is 5.73 Å². The second-order valence-corrected chi connectivity index (χ2v) is 6.25. The van der Waals surface area contributed by atoms with Crippen LogP contribution in [0.25, 0.3) is 0 Å². The monoisotopic (exact) mass is 308 g/mol. The van der Waals surface area contributed by atoms with Gasteiger partial charge in [-0.15, -0.1) is 11.3 Å². The van der Waals surface area contributed by atoms with Gasteiger partial charge in [-0.3, -0.25) is 4.79 Å². The summed E-state index contributed by atoms with van der Waals surface area (Å²) in [7, 11) is 0. The number of nitrogens with zero attached hydrogens (tertiary/aromatic N) is 1. The number of nitrogen functional groups attached to an aromatic ring is 1. The first-order valence-corrected chi connectivity index (χ1v) is 7.63. The Morgan fingerprint density at radius 1 is 1.35 bits per heavy atom. The molecule has 0 spiro atoms. The molecule has 0 saturated heterocycles. The molecule has 0 atom stereocenters. The number of hydrogen-bond acceptors (Lipinski definition) is 3. The Kier molecular flexibility index (Phi) is 4.68. The molecule has 0 bridgehead atoms. The van der Waals surface area contributed by atoms with E-state index in [1.807, 2.05) is 31.4 Å². The largest absolute Gasteiger partial charge is 0.397 e. The van der Waals surface area contributed by atoms with Crippen LogP contribution < -0.4 is 5.73 Å². The third kappa shape index (κ3) is 3.14. The SMILES string of the molecule is CC(C)N(Cc1cccs1)C(=O)c1cccc(Cl)c1N. The average Bonchev–Trinajstić information content (AvgIpc) is 2.91. The topological polar surface area (TPSA) is 46.3 Å². The summed E-state index contributed by atoms with van der Waals surface area (Å²) in [5.41, 5.74) is 6.72. The number of halogens is 1. The van der Waals surface area contributed by atoms with E-state index in [4.69, 9.17) is 17.3 Å². The highest BCUT2D eigenvalue weighted by Gasteiger charge is 2.22. The highest BCUT2D eigenvalue weighted by Crippen LogP contribution is 2.25. The molecule has 20 heavy (non-hydrogen) atoms. The molecule has 1 aromatic heterocycles. The van der Waals surface area contributed by atoms with Gasteiger partial charge in [0, 0.05) is 10.9 Å². The van der Waals surface area contributed by atoms with Crippen molar-refractivity contribution >= 4 is 34.5 Å². The van der Waals surface area contributed by atoms with Gasteiger partial charge >= 0.3 is 0 Å². The highest BCUT2D eigenvalue weighted by molar-refractivity contribution is 7.09. The van der Waals surface area contributed by atoms with Crippen LogP contribution in [0.15, 0.2) is 35.7 Å². The van der Waals surface area contributed by atoms with Gasteiger partial charge in [-0.2, -0.15) is 0 Å². The minimum Gasteiger partial charge on any atom is -0.397 e. The lowest BCUT2D eigenvalue weighted by Gasteiger charge is -2.27. The minimum absolute atomic E-state index is 0.0861. The number of hydrogen-bond donors (Lipinski definition) is 1. The Hall–Kier alpha value is -1.52. The summed E-state index contributed by atoms with van der Waals surface area (Å²) in [6, 6.07) is 9.24. The molecular weight excluding hydrogens is 292 g/mol. The van der Waals surface area contributed by atoms with Gasteiger partial charge in [0.25, 0.3) is 5.91 Å². The molecule has 3 nitrogen and oxygen atoms in total. The predicted molar refractivity (Wildman–Crippen MR) is 85.2 cm³/mol. The molecule has 1 heterocycles. The Labute approximate surface area is 128 Å². The van der Waals surface area contributed by atoms with Crippen molar-refractivity contribution in [1.82, 2.24) is 4.90 Å². The van der Waals surface area contributed by atoms with Crippen molar-refractivity contribution < 1.29 is 4.79 Å². The molecule has 0 unspecified atom stereocenters. The summed E-state index contributed by atoms with van der Waals surface area (Å²) in [6.45, 7) is 4.57. The fourth-order valence-corrected chi connectivity index (χ4v) is 2.81. The van der Waals surface area contributed by atoms with Crippen molar-refractivity contribution in [3.8, 4) is 0 Å². The number of carbonyl (C=O) groups is 1. The molecule has 0 aliphatic heterocycles. The molecular formula is C15H17ClN2OS. The molecule has 2 N–H and O–H groups in total. The maximum Gasteiger partial charge on any atom is 0.256 e. The van der Waals surface area contributed by atoms with Crippen LogP contribution in [-0.2, 0) is 6.54 Å². The van der Waals surface area contributed by atoms with Gasteiger partial charge in [-0.1, -0.05) is 23.7 Å². The summed E-state index contributed by atoms with van der Waals surface area (Å²) in [6.07, 6.45) is 0. The summed E-state index contributed by atoms with van der Waals surface area (Å²) in [4.78, 5) is 15.6. The molecule has 0 radical (unpaired) electrons. The van der Waals surface area contributed by atoms with Gasteiger partial charge < -0.3 is 10.6 Å². The number of rotatable bonds is 4. The van der Waals surface area contributed by atoms with Gasteiger partial charge in [0.1, 0.15) is 0 Å². The first kappa shape index (κ1) is 14.9. The first-order chi connectivity index (χ1) is 9.50. The lowest BCUT2D eigenvalue weighted by atomic mass is 10.1. The van der Waals surface area contributed by atoms with Gasteiger partial charge in [0.15, 0.2) is 0 Å². The van der Waals surface area contributed by atoms with E-state index >= 15 is 0 Å². The van der Waals surface area contributed by atoms with Crippen LogP contribution in [0.5, 0.6) is 0 Å². The molecule has 0 aliphatic carbocycles. The second kappa shape index (κ2) is 6.29. The molecule has 106 valence electrons. The van der Waals surface area contributed by atoms with Crippen molar-refractivity contribution in [2.24, 2.45) is 0 Å². The molecule has 1 amide bonds. The summed E-state index contributed by atoms with van der Waals surface area (Å²) in [5.74, 6) is -0.0894. The average molecular weight is 309 g/mol. The minimum atomic E-state index is -0.0894. The van der Waals surface area contributed by atoms with E-state index in [-0.39, 0.29) is 11.9 Å². The highest BCUT2D eigenvalue weighted by atomic mass is 35.5. The van der Waals surface area contributed by atoms with Crippen molar-refractivity contribution in [1.29, 1.82) is 0 Å². The number of para-hydroxylation sites is 1. The molecule has 1 aromatic carbocycles. The predicted octanol–water partition coefficient (Wildman–Crippen LogP) is 4.03. The molecule has 2 rings (SSSR count). The van der Waals surface area contributed by atoms with Crippen molar-refractivity contribution in [2.45, 2.75) is 26.4 Å². The maximum atomic E-state index is 12.7. The number of thiophene rings is 1. The van der Waals surface area contributed by atoms with E-state index in [1.54, 1.807) is 34.4 Å². The third-order valence-corrected chi connectivity index (χ3v) is 4.26. The smallest absolute Gasteiger partial charge is 0.256 e. The lowest BCUT2D eigenvalue weighted by Crippen LogP contribution is -2.36. The zero-order valence-corrected chi connectivity index (χ0v) is 13.0. The number of amides is 1. The van der Waals surface area contributed by atoms with E-state index in [2.05, 4.69) is 0 Å². The fraction of sp³-hybridized carbons (Fsp3) is 0.267. The van der Waals surface area contributed by atoms with Crippen LogP contribution in [-0.4, -0.2) is 16.8 Å². The fourth-order valence-electron chi connectivity index (χ4n) is 1.94. The van der Waals surface area contributed by atoms with Crippen LogP contribution in [0.3, 0.4) is 0 Å². The number of benzene rings is 1. The van der Waals surface area contributed by atoms with Crippen LogP contribution in [0, 0.1) is 0 Å².